The number of hydrogen-bond acceptors (Lipinski definition) is 2. The van der Waals surface area contributed by atoms with Gasteiger partial charge in [-0.15, -0.1) is 0 Å². The van der Waals surface area contributed by atoms with Crippen LogP contribution in [0.15, 0.2) is 24.3 Å². The Morgan fingerprint density at radius 1 is 1.50 bits per heavy atom. The second-order valence-electron chi connectivity index (χ2n) is 3.49. The largest absolute Gasteiger partial charge is 0.481 e. The van der Waals surface area contributed by atoms with E-state index in [2.05, 4.69) is 0 Å². The van der Waals surface area contributed by atoms with E-state index >= 15 is 0 Å². The van der Waals surface area contributed by atoms with Gasteiger partial charge in [0.2, 0.25) is 0 Å². The van der Waals surface area contributed by atoms with E-state index in [0.29, 0.717) is 5.56 Å². The van der Waals surface area contributed by atoms with E-state index in [-0.39, 0.29) is 12.2 Å². The van der Waals surface area contributed by atoms with Crippen molar-refractivity contribution < 1.29 is 14.3 Å². The highest BCUT2D eigenvalue weighted by Gasteiger charge is 2.24. The standard InChI is InChI=1S/C10H12FNO2/c1-10(12,6-9(13)14)7-2-4-8(11)5-3-7/h2-5H,6,12H2,1H3,(H,13,14)/t10-/m1/s1. The molecule has 0 radical (unpaired) electrons. The first-order valence-electron chi connectivity index (χ1n) is 4.18. The number of benzene rings is 1. The zero-order valence-corrected chi connectivity index (χ0v) is 7.83. The van der Waals surface area contributed by atoms with Crippen molar-refractivity contribution in [3.63, 3.8) is 0 Å². The number of aliphatic carboxylic acids is 1. The van der Waals surface area contributed by atoms with E-state index < -0.39 is 11.5 Å². The fourth-order valence-electron chi connectivity index (χ4n) is 1.25. The van der Waals surface area contributed by atoms with E-state index in [0.717, 1.165) is 0 Å². The van der Waals surface area contributed by atoms with Crippen molar-refractivity contribution in [3.8, 4) is 0 Å². The van der Waals surface area contributed by atoms with Gasteiger partial charge in [0, 0.05) is 5.54 Å². The molecule has 1 rings (SSSR count). The minimum Gasteiger partial charge on any atom is -0.481 e. The highest BCUT2D eigenvalue weighted by Crippen LogP contribution is 2.21. The van der Waals surface area contributed by atoms with Crippen LogP contribution in [0.1, 0.15) is 18.9 Å². The van der Waals surface area contributed by atoms with Crippen molar-refractivity contribution in [3.05, 3.63) is 35.6 Å². The summed E-state index contributed by atoms with van der Waals surface area (Å²) in [7, 11) is 0. The summed E-state index contributed by atoms with van der Waals surface area (Å²) in [6.45, 7) is 1.61. The summed E-state index contributed by atoms with van der Waals surface area (Å²) in [6.07, 6.45) is -0.182. The molecule has 1 atom stereocenters. The lowest BCUT2D eigenvalue weighted by Crippen LogP contribution is -2.35. The SMILES string of the molecule is C[C@@](N)(CC(=O)O)c1ccc(F)cc1. The second kappa shape index (κ2) is 3.75. The number of nitrogens with two attached hydrogens (primary N) is 1. The Hall–Kier alpha value is -1.42. The molecule has 14 heavy (non-hydrogen) atoms. The molecule has 1 aromatic rings. The van der Waals surface area contributed by atoms with Crippen molar-refractivity contribution in [2.24, 2.45) is 5.73 Å². The molecule has 0 fully saturated rings. The lowest BCUT2D eigenvalue weighted by molar-refractivity contribution is -0.138. The Balaban J connectivity index is 2.91. The van der Waals surface area contributed by atoms with Gasteiger partial charge in [0.05, 0.1) is 6.42 Å². The van der Waals surface area contributed by atoms with Crippen molar-refractivity contribution >= 4 is 5.97 Å². The van der Waals surface area contributed by atoms with Crippen LogP contribution in [-0.2, 0) is 10.3 Å². The molecule has 0 aliphatic rings. The third kappa shape index (κ3) is 2.53. The van der Waals surface area contributed by atoms with Crippen molar-refractivity contribution in [2.45, 2.75) is 18.9 Å². The predicted molar refractivity (Wildman–Crippen MR) is 50.2 cm³/mol. The van der Waals surface area contributed by atoms with Gasteiger partial charge in [-0.25, -0.2) is 4.39 Å². The molecule has 4 heteroatoms. The van der Waals surface area contributed by atoms with Crippen LogP contribution in [0, 0.1) is 5.82 Å². The Labute approximate surface area is 81.4 Å². The molecule has 3 nitrogen and oxygen atoms in total. The average molecular weight is 197 g/mol. The fourth-order valence-corrected chi connectivity index (χ4v) is 1.25. The fraction of sp³-hybridized carbons (Fsp3) is 0.300. The van der Waals surface area contributed by atoms with Gasteiger partial charge in [0.1, 0.15) is 5.82 Å². The van der Waals surface area contributed by atoms with Gasteiger partial charge in [-0.3, -0.25) is 4.79 Å². The van der Waals surface area contributed by atoms with Crippen LogP contribution in [0.5, 0.6) is 0 Å². The summed E-state index contributed by atoms with van der Waals surface area (Å²) in [5.74, 6) is -1.33. The van der Waals surface area contributed by atoms with Crippen LogP contribution in [0.25, 0.3) is 0 Å². The topological polar surface area (TPSA) is 63.3 Å². The lowest BCUT2D eigenvalue weighted by atomic mass is 9.90. The summed E-state index contributed by atoms with van der Waals surface area (Å²) < 4.78 is 12.6. The normalized spacial score (nSPS) is 14.8. The smallest absolute Gasteiger partial charge is 0.305 e. The average Bonchev–Trinajstić information content (AvgIpc) is 2.02. The molecule has 0 aliphatic heterocycles. The molecule has 0 aromatic heterocycles. The first-order chi connectivity index (χ1) is 6.42. The highest BCUT2D eigenvalue weighted by atomic mass is 19.1. The highest BCUT2D eigenvalue weighted by molar-refractivity contribution is 5.68. The van der Waals surface area contributed by atoms with Crippen LogP contribution in [0.4, 0.5) is 4.39 Å². The lowest BCUT2D eigenvalue weighted by Gasteiger charge is -2.22. The first-order valence-corrected chi connectivity index (χ1v) is 4.18. The molecule has 76 valence electrons. The van der Waals surface area contributed by atoms with Crippen molar-refractivity contribution in [2.75, 3.05) is 0 Å². The summed E-state index contributed by atoms with van der Waals surface area (Å²) in [5.41, 5.74) is 5.44. The molecule has 0 heterocycles. The number of carbonyl (C=O) groups is 1. The molecule has 3 N–H and O–H groups in total. The van der Waals surface area contributed by atoms with Crippen LogP contribution in [0.3, 0.4) is 0 Å². The Bertz CT molecular complexity index is 332. The minimum atomic E-state index is -0.973. The molecule has 0 amide bonds. The van der Waals surface area contributed by atoms with E-state index in [1.54, 1.807) is 6.92 Å². The second-order valence-corrected chi connectivity index (χ2v) is 3.49. The third-order valence-corrected chi connectivity index (χ3v) is 2.02. The Morgan fingerprint density at radius 2 is 2.00 bits per heavy atom. The molecule has 0 saturated carbocycles. The van der Waals surface area contributed by atoms with E-state index in [4.69, 9.17) is 10.8 Å². The summed E-state index contributed by atoms with van der Waals surface area (Å²) in [4.78, 5) is 10.5. The Kier molecular flexibility index (Phi) is 2.86. The number of carboxylic acids is 1. The van der Waals surface area contributed by atoms with E-state index in [1.165, 1.54) is 24.3 Å². The first kappa shape index (κ1) is 10.7. The molecule has 1 aromatic carbocycles. The number of halogens is 1. The van der Waals surface area contributed by atoms with Gasteiger partial charge in [-0.1, -0.05) is 12.1 Å². The maximum absolute atomic E-state index is 12.6. The molecule has 0 unspecified atom stereocenters. The Morgan fingerprint density at radius 3 is 2.43 bits per heavy atom. The molecular weight excluding hydrogens is 185 g/mol. The van der Waals surface area contributed by atoms with Crippen LogP contribution in [-0.4, -0.2) is 11.1 Å². The number of rotatable bonds is 3. The van der Waals surface area contributed by atoms with Gasteiger partial charge < -0.3 is 10.8 Å². The van der Waals surface area contributed by atoms with Crippen LogP contribution >= 0.6 is 0 Å². The number of carboxylic acid groups (broad SMARTS) is 1. The van der Waals surface area contributed by atoms with Gasteiger partial charge >= 0.3 is 5.97 Å². The maximum atomic E-state index is 12.6. The molecular formula is C10H12FNO2. The predicted octanol–water partition coefficient (Wildman–Crippen LogP) is 1.47. The zero-order chi connectivity index (χ0) is 10.8. The third-order valence-electron chi connectivity index (χ3n) is 2.02. The van der Waals surface area contributed by atoms with Gasteiger partial charge in [-0.05, 0) is 24.6 Å². The summed E-state index contributed by atoms with van der Waals surface area (Å²) in [6, 6.07) is 5.53. The molecule has 0 saturated heterocycles. The number of hydrogen-bond donors (Lipinski definition) is 2. The van der Waals surface area contributed by atoms with Crippen molar-refractivity contribution in [1.29, 1.82) is 0 Å². The van der Waals surface area contributed by atoms with Gasteiger partial charge in [-0.2, -0.15) is 0 Å². The monoisotopic (exact) mass is 197 g/mol. The van der Waals surface area contributed by atoms with Gasteiger partial charge in [0.25, 0.3) is 0 Å². The van der Waals surface area contributed by atoms with E-state index in [1.807, 2.05) is 0 Å². The van der Waals surface area contributed by atoms with Crippen LogP contribution < -0.4 is 5.73 Å². The minimum absolute atomic E-state index is 0.182. The van der Waals surface area contributed by atoms with Gasteiger partial charge in [0.15, 0.2) is 0 Å². The quantitative estimate of drug-likeness (QED) is 0.771. The molecule has 0 spiro atoms. The van der Waals surface area contributed by atoms with E-state index in [9.17, 15) is 9.18 Å². The molecule has 0 aliphatic carbocycles. The van der Waals surface area contributed by atoms with Crippen LogP contribution in [0.2, 0.25) is 0 Å². The van der Waals surface area contributed by atoms with Crippen molar-refractivity contribution in [1.82, 2.24) is 0 Å². The maximum Gasteiger partial charge on any atom is 0.305 e. The summed E-state index contributed by atoms with van der Waals surface area (Å²) >= 11 is 0. The molecule has 0 bridgehead atoms. The summed E-state index contributed by atoms with van der Waals surface area (Å²) in [5, 5.41) is 8.61. The zero-order valence-electron chi connectivity index (χ0n) is 7.83.